The first-order valence-electron chi connectivity index (χ1n) is 9.42. The zero-order valence-electron chi connectivity index (χ0n) is 18.6. The van der Waals surface area contributed by atoms with Crippen molar-refractivity contribution >= 4 is 47.8 Å². The van der Waals surface area contributed by atoms with Crippen LogP contribution in [-0.2, 0) is 17.4 Å². The Morgan fingerprint density at radius 2 is 1.00 bits per heavy atom. The van der Waals surface area contributed by atoms with Crippen molar-refractivity contribution in [2.75, 3.05) is 0 Å². The molecule has 0 bridgehead atoms. The second kappa shape index (κ2) is 8.07. The van der Waals surface area contributed by atoms with Crippen molar-refractivity contribution in [1.82, 2.24) is 0 Å². The van der Waals surface area contributed by atoms with Crippen molar-refractivity contribution in [3.05, 3.63) is 40.3 Å². The van der Waals surface area contributed by atoms with Crippen LogP contribution in [0.1, 0.15) is 26.7 Å². The maximum atomic E-state index is 2.71. The average Bonchev–Trinajstić information content (AvgIpc) is 2.91. The van der Waals surface area contributed by atoms with Crippen LogP contribution < -0.4 is 0 Å². The molecule has 6 heteroatoms. The summed E-state index contributed by atoms with van der Waals surface area (Å²) in [4.78, 5) is 0. The minimum absolute atomic E-state index is 0. The third kappa shape index (κ3) is 5.16. The van der Waals surface area contributed by atoms with Crippen LogP contribution in [0.4, 0.5) is 0 Å². The molecule has 0 saturated carbocycles. The summed E-state index contributed by atoms with van der Waals surface area (Å²) in [6, 6.07) is 0. The molecule has 0 saturated heterocycles. The average molecular weight is 527 g/mol. The van der Waals surface area contributed by atoms with E-state index in [1.807, 2.05) is 6.56 Å². The van der Waals surface area contributed by atoms with Gasteiger partial charge in [-0.3, -0.25) is 0 Å². The molecule has 150 valence electrons. The Hall–Kier alpha value is 1.07. The van der Waals surface area contributed by atoms with E-state index in [1.54, 1.807) is 21.5 Å². The van der Waals surface area contributed by atoms with Crippen LogP contribution in [0.25, 0.3) is 0 Å². The molecule has 0 aliphatic heterocycles. The van der Waals surface area contributed by atoms with E-state index < -0.39 is 33.5 Å². The first-order valence-corrected chi connectivity index (χ1v) is 29.7. The van der Waals surface area contributed by atoms with Gasteiger partial charge in [-0.15, -0.1) is 24.8 Å². The molecule has 0 unspecified atom stereocenters. The molecule has 26 heavy (non-hydrogen) atoms. The summed E-state index contributed by atoms with van der Waals surface area (Å²) in [7, 11) is -2.37. The monoisotopic (exact) mass is 524 g/mol. The van der Waals surface area contributed by atoms with Gasteiger partial charge in [0.1, 0.15) is 0 Å². The summed E-state index contributed by atoms with van der Waals surface area (Å²) in [5.41, 5.74) is 3.25. The van der Waals surface area contributed by atoms with E-state index in [0.717, 1.165) is 0 Å². The minimum Gasteiger partial charge on any atom is -0.147 e. The van der Waals surface area contributed by atoms with Crippen molar-refractivity contribution in [3.8, 4) is 0 Å². The third-order valence-electron chi connectivity index (χ3n) is 6.33. The van der Waals surface area contributed by atoms with Crippen LogP contribution >= 0.6 is 24.8 Å². The van der Waals surface area contributed by atoms with Gasteiger partial charge >= 0.3 is 156 Å². The SMILES string of the molecule is CC1=[C]([Zr]([CH3])([CH3])(=[SiH2])[C]2=C(C)C=C([Si](C)(C)C)C2)CC([Si](C)(C)C)=C1.Cl.Cl. The van der Waals surface area contributed by atoms with Crippen LogP contribution in [0.15, 0.2) is 40.3 Å². The second-order valence-electron chi connectivity index (χ2n) is 11.2. The Kier molecular flexibility index (Phi) is 8.40. The molecule has 2 aliphatic carbocycles. The zero-order valence-corrected chi connectivity index (χ0v) is 26.1. The fourth-order valence-electron chi connectivity index (χ4n) is 4.44. The predicted molar refractivity (Wildman–Crippen MR) is 132 cm³/mol. The third-order valence-corrected chi connectivity index (χ3v) is 28.2. The first kappa shape index (κ1) is 27.1. The molecule has 0 atom stereocenters. The molecular formula is C20H40Cl2Si3Zr. The molecular weight excluding hydrogens is 487 g/mol. The van der Waals surface area contributed by atoms with Gasteiger partial charge in [0.25, 0.3) is 0 Å². The van der Waals surface area contributed by atoms with Gasteiger partial charge in [-0.05, 0) is 0 Å². The molecule has 0 radical (unpaired) electrons. The van der Waals surface area contributed by atoms with Crippen molar-refractivity contribution in [3.63, 3.8) is 0 Å². The molecule has 0 aromatic heterocycles. The Labute approximate surface area is 179 Å². The molecule has 0 amide bonds. The van der Waals surface area contributed by atoms with E-state index in [9.17, 15) is 0 Å². The number of rotatable bonds is 4. The maximum absolute atomic E-state index is 3.02. The molecule has 0 nitrogen and oxygen atoms in total. The molecule has 2 aliphatic rings. The van der Waals surface area contributed by atoms with Crippen LogP contribution in [0.3, 0.4) is 0 Å². The Bertz CT molecular complexity index is 719. The van der Waals surface area contributed by atoms with Crippen LogP contribution in [0.5, 0.6) is 0 Å². The Morgan fingerprint density at radius 3 is 1.19 bits per heavy atom. The fourth-order valence-corrected chi connectivity index (χ4v) is 24.0. The predicted octanol–water partition coefficient (Wildman–Crippen LogP) is 7.13. The van der Waals surface area contributed by atoms with Crippen LogP contribution in [0, 0.1) is 0 Å². The first-order chi connectivity index (χ1) is 10.5. The van der Waals surface area contributed by atoms with Gasteiger partial charge in [-0.1, -0.05) is 0 Å². The van der Waals surface area contributed by atoms with Crippen molar-refractivity contribution in [1.29, 1.82) is 0 Å². The largest absolute Gasteiger partial charge is 0.147 e. The van der Waals surface area contributed by atoms with Crippen molar-refractivity contribution in [2.24, 2.45) is 0 Å². The van der Waals surface area contributed by atoms with E-state index in [4.69, 9.17) is 0 Å². The molecule has 0 spiro atoms. The van der Waals surface area contributed by atoms with Gasteiger partial charge in [0.2, 0.25) is 0 Å². The minimum atomic E-state index is -3.02. The molecule has 0 heterocycles. The number of halogens is 2. The summed E-state index contributed by atoms with van der Waals surface area (Å²) in [5.74, 6) is 0. The number of hydrogen-bond donors (Lipinski definition) is 0. The van der Waals surface area contributed by atoms with E-state index in [1.165, 1.54) is 12.8 Å². The van der Waals surface area contributed by atoms with Gasteiger partial charge in [-0.2, -0.15) is 0 Å². The number of hydrogen-bond acceptors (Lipinski definition) is 0. The van der Waals surface area contributed by atoms with Crippen LogP contribution in [0.2, 0.25) is 48.5 Å². The molecule has 0 N–H and O–H groups in total. The molecule has 2 rings (SSSR count). The van der Waals surface area contributed by atoms with Gasteiger partial charge < -0.3 is 0 Å². The fraction of sp³-hybridized carbons (Fsp3) is 0.600. The van der Waals surface area contributed by atoms with E-state index in [-0.39, 0.29) is 24.8 Å². The molecule has 0 aromatic rings. The molecule has 0 fully saturated rings. The summed E-state index contributed by atoms with van der Waals surface area (Å²) in [6.07, 6.45) is 7.74. The summed E-state index contributed by atoms with van der Waals surface area (Å²) in [6.45, 7) is 22.3. The number of allylic oxidation sites excluding steroid dienone is 8. The second-order valence-corrected chi connectivity index (χ2v) is 50.2. The van der Waals surface area contributed by atoms with E-state index >= 15 is 0 Å². The smallest absolute Gasteiger partial charge is 0.147 e. The Balaban J connectivity index is 0.00000312. The topological polar surface area (TPSA) is 0 Å². The maximum Gasteiger partial charge on any atom is -0.147 e. The zero-order chi connectivity index (χ0) is 18.7. The van der Waals surface area contributed by atoms with E-state index in [2.05, 4.69) is 81.4 Å². The summed E-state index contributed by atoms with van der Waals surface area (Å²) >= 11 is -3.02. The standard InChI is InChI=1S/2C9H15Si.2CH3.2ClH.H2Si.Zr/c2*1-8-5-6-9(7-8)10(2,3)4;;;;;;/h2*7H,6H2,1-4H3;2*1H3;2*1H;1H2;. The quantitative estimate of drug-likeness (QED) is 0.342. The molecule has 0 aromatic carbocycles. The van der Waals surface area contributed by atoms with Gasteiger partial charge in [0.15, 0.2) is 0 Å². The van der Waals surface area contributed by atoms with Gasteiger partial charge in [0.05, 0.1) is 0 Å². The van der Waals surface area contributed by atoms with E-state index in [0.29, 0.717) is 0 Å². The summed E-state index contributed by atoms with van der Waals surface area (Å²) < 4.78 is 9.18. The van der Waals surface area contributed by atoms with Gasteiger partial charge in [-0.25, -0.2) is 0 Å². The Morgan fingerprint density at radius 1 is 0.731 bits per heavy atom. The normalized spacial score (nSPS) is 19.2. The van der Waals surface area contributed by atoms with Gasteiger partial charge in [0, 0.05) is 0 Å². The van der Waals surface area contributed by atoms with Crippen LogP contribution in [-0.4, -0.2) is 23.0 Å². The van der Waals surface area contributed by atoms with Crippen molar-refractivity contribution < 1.29 is 17.4 Å². The van der Waals surface area contributed by atoms with Crippen molar-refractivity contribution in [2.45, 2.75) is 75.2 Å². The summed E-state index contributed by atoms with van der Waals surface area (Å²) in [5, 5.41) is 3.56.